The summed E-state index contributed by atoms with van der Waals surface area (Å²) in [7, 11) is 3.54. The van der Waals surface area contributed by atoms with E-state index in [1.54, 1.807) is 41.3 Å². The smallest absolute Gasteiger partial charge is 0.317 e. The van der Waals surface area contributed by atoms with E-state index in [2.05, 4.69) is 11.9 Å². The molecule has 0 unspecified atom stereocenters. The first-order valence-electron chi connectivity index (χ1n) is 6.96. The number of thiophene rings is 1. The molecule has 114 valence electrons. The van der Waals surface area contributed by atoms with E-state index in [0.29, 0.717) is 19.4 Å². The zero-order valence-corrected chi connectivity index (χ0v) is 13.2. The maximum absolute atomic E-state index is 12.2. The van der Waals surface area contributed by atoms with Crippen molar-refractivity contribution in [1.29, 1.82) is 0 Å². The molecule has 6 heteroatoms. The first-order chi connectivity index (χ1) is 10.0. The molecule has 3 amide bonds. The highest BCUT2D eigenvalue weighted by Gasteiger charge is 2.36. The fourth-order valence-electron chi connectivity index (χ4n) is 2.58. The number of piperidine rings is 1. The molecule has 1 N–H and O–H groups in total. The van der Waals surface area contributed by atoms with Crippen molar-refractivity contribution in [2.45, 2.75) is 24.9 Å². The van der Waals surface area contributed by atoms with Crippen LogP contribution in [-0.4, -0.2) is 48.4 Å². The molecule has 0 saturated carbocycles. The third kappa shape index (κ3) is 3.44. The lowest BCUT2D eigenvalue weighted by Gasteiger charge is -2.39. The number of urea groups is 1. The summed E-state index contributed by atoms with van der Waals surface area (Å²) >= 11 is 1.61. The van der Waals surface area contributed by atoms with Gasteiger partial charge in [0.15, 0.2) is 0 Å². The minimum absolute atomic E-state index is 0.0638. The lowest BCUT2D eigenvalue weighted by Crippen LogP contribution is -2.53. The van der Waals surface area contributed by atoms with Gasteiger partial charge in [-0.3, -0.25) is 4.79 Å². The zero-order chi connectivity index (χ0) is 15.4. The number of likely N-dealkylation sites (N-methyl/N-ethyl adjacent to an activating group) is 2. The lowest BCUT2D eigenvalue weighted by molar-refractivity contribution is -0.135. The standard InChI is InChI=1S/C15H21N3O2S/c1-4-9-17(2)15(20)16-11-7-8-13(19)18(3)14(11)12-6-5-10-21-12/h4-6,10-11,14H,1,7-9H2,2-3H3,(H,16,20)/t11-,14-/m1/s1. The highest BCUT2D eigenvalue weighted by Crippen LogP contribution is 2.33. The van der Waals surface area contributed by atoms with E-state index in [1.165, 1.54) is 0 Å². The lowest BCUT2D eigenvalue weighted by atomic mass is 9.95. The molecular formula is C15H21N3O2S. The van der Waals surface area contributed by atoms with E-state index >= 15 is 0 Å². The number of amides is 3. The summed E-state index contributed by atoms with van der Waals surface area (Å²) in [5.74, 6) is 0.123. The van der Waals surface area contributed by atoms with Gasteiger partial charge in [-0.05, 0) is 17.9 Å². The van der Waals surface area contributed by atoms with Crippen LogP contribution in [0.25, 0.3) is 0 Å². The van der Waals surface area contributed by atoms with Crippen LogP contribution in [0.4, 0.5) is 4.79 Å². The van der Waals surface area contributed by atoms with Crippen molar-refractivity contribution in [3.05, 3.63) is 35.0 Å². The molecule has 21 heavy (non-hydrogen) atoms. The third-order valence-electron chi connectivity index (χ3n) is 3.75. The predicted molar refractivity (Wildman–Crippen MR) is 84.2 cm³/mol. The molecule has 1 fully saturated rings. The van der Waals surface area contributed by atoms with Gasteiger partial charge in [-0.25, -0.2) is 4.79 Å². The van der Waals surface area contributed by atoms with Crippen LogP contribution in [0, 0.1) is 0 Å². The van der Waals surface area contributed by atoms with Crippen molar-refractivity contribution < 1.29 is 9.59 Å². The topological polar surface area (TPSA) is 52.7 Å². The van der Waals surface area contributed by atoms with E-state index in [4.69, 9.17) is 0 Å². The van der Waals surface area contributed by atoms with Crippen LogP contribution in [0.5, 0.6) is 0 Å². The third-order valence-corrected chi connectivity index (χ3v) is 4.70. The minimum atomic E-state index is -0.135. The summed E-state index contributed by atoms with van der Waals surface area (Å²) in [6.07, 6.45) is 2.82. The first-order valence-corrected chi connectivity index (χ1v) is 7.84. The molecule has 2 rings (SSSR count). The average Bonchev–Trinajstić information content (AvgIpc) is 2.97. The summed E-state index contributed by atoms with van der Waals surface area (Å²) < 4.78 is 0. The van der Waals surface area contributed by atoms with E-state index in [9.17, 15) is 9.59 Å². The number of likely N-dealkylation sites (tertiary alicyclic amines) is 1. The molecule has 2 atom stereocenters. The van der Waals surface area contributed by atoms with Crippen molar-refractivity contribution in [3.8, 4) is 0 Å². The van der Waals surface area contributed by atoms with Gasteiger partial charge in [0, 0.05) is 31.9 Å². The van der Waals surface area contributed by atoms with E-state index in [-0.39, 0.29) is 24.0 Å². The molecule has 0 aromatic carbocycles. The Morgan fingerprint density at radius 1 is 1.67 bits per heavy atom. The van der Waals surface area contributed by atoms with Gasteiger partial charge in [-0.2, -0.15) is 0 Å². The van der Waals surface area contributed by atoms with Crippen molar-refractivity contribution in [2.75, 3.05) is 20.6 Å². The Bertz CT molecular complexity index is 515. The number of carbonyl (C=O) groups excluding carboxylic acids is 2. The maximum Gasteiger partial charge on any atom is 0.317 e. The second-order valence-corrected chi connectivity index (χ2v) is 6.21. The Hall–Kier alpha value is -1.82. The van der Waals surface area contributed by atoms with Crippen LogP contribution in [0.1, 0.15) is 23.8 Å². The minimum Gasteiger partial charge on any atom is -0.336 e. The van der Waals surface area contributed by atoms with Gasteiger partial charge in [-0.15, -0.1) is 17.9 Å². The number of carbonyl (C=O) groups is 2. The summed E-state index contributed by atoms with van der Waals surface area (Å²) in [4.78, 5) is 28.6. The zero-order valence-electron chi connectivity index (χ0n) is 12.4. The molecular weight excluding hydrogens is 286 g/mol. The maximum atomic E-state index is 12.2. The van der Waals surface area contributed by atoms with Gasteiger partial charge in [0.1, 0.15) is 0 Å². The summed E-state index contributed by atoms with van der Waals surface area (Å²) in [6, 6.07) is 3.69. The molecule has 1 aliphatic heterocycles. The number of rotatable bonds is 4. The molecule has 0 bridgehead atoms. The molecule has 1 aromatic heterocycles. The van der Waals surface area contributed by atoms with E-state index in [1.807, 2.05) is 17.5 Å². The fraction of sp³-hybridized carbons (Fsp3) is 0.467. The number of nitrogens with one attached hydrogen (secondary N) is 1. The quantitative estimate of drug-likeness (QED) is 0.867. The van der Waals surface area contributed by atoms with Gasteiger partial charge in [0.2, 0.25) is 5.91 Å². The molecule has 2 heterocycles. The SMILES string of the molecule is C=CCN(C)C(=O)N[C@@H]1CCC(=O)N(C)[C@H]1c1cccs1. The first kappa shape index (κ1) is 15.6. The van der Waals surface area contributed by atoms with Gasteiger partial charge >= 0.3 is 6.03 Å². The highest BCUT2D eigenvalue weighted by atomic mass is 32.1. The number of nitrogens with zero attached hydrogens (tertiary/aromatic N) is 2. The Morgan fingerprint density at radius 2 is 2.43 bits per heavy atom. The molecule has 0 radical (unpaired) electrons. The van der Waals surface area contributed by atoms with E-state index < -0.39 is 0 Å². The number of hydrogen-bond acceptors (Lipinski definition) is 3. The Morgan fingerprint density at radius 3 is 3.05 bits per heavy atom. The summed E-state index contributed by atoms with van der Waals surface area (Å²) in [5.41, 5.74) is 0. The van der Waals surface area contributed by atoms with Crippen LogP contribution >= 0.6 is 11.3 Å². The van der Waals surface area contributed by atoms with Crippen molar-refractivity contribution in [1.82, 2.24) is 15.1 Å². The van der Waals surface area contributed by atoms with Gasteiger partial charge in [-0.1, -0.05) is 12.1 Å². The Balaban J connectivity index is 2.14. The van der Waals surface area contributed by atoms with Crippen LogP contribution in [0.2, 0.25) is 0 Å². The summed E-state index contributed by atoms with van der Waals surface area (Å²) in [5, 5.41) is 5.04. The molecule has 1 aliphatic rings. The van der Waals surface area contributed by atoms with Crippen molar-refractivity contribution in [2.24, 2.45) is 0 Å². The molecule has 0 spiro atoms. The van der Waals surface area contributed by atoms with Crippen LogP contribution in [0.15, 0.2) is 30.2 Å². The number of hydrogen-bond donors (Lipinski definition) is 1. The molecule has 5 nitrogen and oxygen atoms in total. The average molecular weight is 307 g/mol. The van der Waals surface area contributed by atoms with Crippen LogP contribution in [-0.2, 0) is 4.79 Å². The van der Waals surface area contributed by atoms with Crippen LogP contribution in [0.3, 0.4) is 0 Å². The van der Waals surface area contributed by atoms with Crippen molar-refractivity contribution >= 4 is 23.3 Å². The van der Waals surface area contributed by atoms with Gasteiger partial charge in [0.05, 0.1) is 12.1 Å². The largest absolute Gasteiger partial charge is 0.336 e. The molecule has 1 aromatic rings. The predicted octanol–water partition coefficient (Wildman–Crippen LogP) is 2.24. The van der Waals surface area contributed by atoms with Crippen LogP contribution < -0.4 is 5.32 Å². The molecule has 1 saturated heterocycles. The Kier molecular flexibility index (Phi) is 5.01. The second kappa shape index (κ2) is 6.76. The molecule has 0 aliphatic carbocycles. The summed E-state index contributed by atoms with van der Waals surface area (Å²) in [6.45, 7) is 4.13. The second-order valence-electron chi connectivity index (χ2n) is 5.23. The van der Waals surface area contributed by atoms with Crippen molar-refractivity contribution in [3.63, 3.8) is 0 Å². The normalized spacial score (nSPS) is 22.0. The Labute approximate surface area is 129 Å². The van der Waals surface area contributed by atoms with Gasteiger partial charge in [0.25, 0.3) is 0 Å². The van der Waals surface area contributed by atoms with E-state index in [0.717, 1.165) is 4.88 Å². The fourth-order valence-corrected chi connectivity index (χ4v) is 3.52. The monoisotopic (exact) mass is 307 g/mol. The highest BCUT2D eigenvalue weighted by molar-refractivity contribution is 7.10. The van der Waals surface area contributed by atoms with Gasteiger partial charge < -0.3 is 15.1 Å².